The van der Waals surface area contributed by atoms with Crippen LogP contribution in [0.25, 0.3) is 0 Å². The van der Waals surface area contributed by atoms with E-state index in [9.17, 15) is 0 Å². The Labute approximate surface area is 126 Å². The van der Waals surface area contributed by atoms with Crippen molar-refractivity contribution in [2.45, 2.75) is 70.9 Å². The summed E-state index contributed by atoms with van der Waals surface area (Å²) in [5, 5.41) is 1.23. The van der Waals surface area contributed by atoms with Crippen molar-refractivity contribution < 1.29 is 0 Å². The largest absolute Gasteiger partial charge is 0.345 e. The summed E-state index contributed by atoms with van der Waals surface area (Å²) in [6, 6.07) is 0.744. The fourth-order valence-corrected chi connectivity index (χ4v) is 5.06. The van der Waals surface area contributed by atoms with E-state index in [0.29, 0.717) is 6.54 Å². The summed E-state index contributed by atoms with van der Waals surface area (Å²) in [6.45, 7) is 8.51. The molecule has 0 bridgehead atoms. The van der Waals surface area contributed by atoms with Gasteiger partial charge in [0.15, 0.2) is 5.13 Å². The van der Waals surface area contributed by atoms with Gasteiger partial charge in [0.2, 0.25) is 0 Å². The van der Waals surface area contributed by atoms with E-state index in [1.807, 2.05) is 11.3 Å². The molecule has 1 aliphatic heterocycles. The third-order valence-electron chi connectivity index (χ3n) is 4.84. The molecular weight excluding hydrogens is 266 g/mol. The Bertz CT molecular complexity index is 475. The average molecular weight is 293 g/mol. The molecule has 0 aromatic carbocycles. The van der Waals surface area contributed by atoms with E-state index >= 15 is 0 Å². The van der Waals surface area contributed by atoms with Crippen LogP contribution in [0.3, 0.4) is 0 Å². The molecule has 0 spiro atoms. The van der Waals surface area contributed by atoms with Crippen LogP contribution in [0.2, 0.25) is 0 Å². The lowest BCUT2D eigenvalue weighted by atomic mass is 9.85. The minimum Gasteiger partial charge on any atom is -0.345 e. The Kier molecular flexibility index (Phi) is 3.80. The number of rotatable bonds is 2. The lowest BCUT2D eigenvalue weighted by Crippen LogP contribution is -2.34. The smallest absolute Gasteiger partial charge is 0.186 e. The third kappa shape index (κ3) is 2.48. The second-order valence-electron chi connectivity index (χ2n) is 7.32. The molecule has 4 heteroatoms. The Hall–Kier alpha value is -0.610. The van der Waals surface area contributed by atoms with Crippen molar-refractivity contribution in [3.05, 3.63) is 10.6 Å². The van der Waals surface area contributed by atoms with Gasteiger partial charge in [0.1, 0.15) is 0 Å². The first-order valence-corrected chi connectivity index (χ1v) is 8.79. The molecular formula is C16H27N3S. The number of anilines is 1. The highest BCUT2D eigenvalue weighted by Gasteiger charge is 2.37. The second-order valence-corrected chi connectivity index (χ2v) is 8.38. The zero-order valence-corrected chi connectivity index (χ0v) is 13.8. The maximum absolute atomic E-state index is 5.94. The van der Waals surface area contributed by atoms with Crippen molar-refractivity contribution in [3.8, 4) is 0 Å². The number of nitrogens with zero attached hydrogens (tertiary/aromatic N) is 2. The summed E-state index contributed by atoms with van der Waals surface area (Å²) in [4.78, 5) is 8.85. The van der Waals surface area contributed by atoms with Gasteiger partial charge >= 0.3 is 0 Å². The molecule has 0 amide bonds. The number of aromatic nitrogens is 1. The topological polar surface area (TPSA) is 42.2 Å². The van der Waals surface area contributed by atoms with Gasteiger partial charge in [0, 0.05) is 29.4 Å². The van der Waals surface area contributed by atoms with Crippen molar-refractivity contribution in [2.75, 3.05) is 11.4 Å². The standard InChI is InChI=1S/C16H27N3S/c1-16(2,3)14-13(10-17)20-15(18-14)19-9-8-11-6-4-5-7-12(11)19/h11-12H,4-10,17H2,1-3H3. The fraction of sp³-hybridized carbons (Fsp3) is 0.812. The molecule has 1 aliphatic carbocycles. The van der Waals surface area contributed by atoms with Crippen molar-refractivity contribution in [3.63, 3.8) is 0 Å². The predicted molar refractivity (Wildman–Crippen MR) is 86.4 cm³/mol. The molecule has 0 radical (unpaired) electrons. The van der Waals surface area contributed by atoms with E-state index in [1.54, 1.807) is 0 Å². The molecule has 2 heterocycles. The number of fused-ring (bicyclic) bond motifs is 1. The first-order chi connectivity index (χ1) is 9.50. The number of nitrogens with two attached hydrogens (primary N) is 1. The van der Waals surface area contributed by atoms with Gasteiger partial charge < -0.3 is 10.6 Å². The summed E-state index contributed by atoms with van der Waals surface area (Å²) in [5.41, 5.74) is 7.24. The van der Waals surface area contributed by atoms with Crippen LogP contribution in [0.1, 0.15) is 63.4 Å². The fourth-order valence-electron chi connectivity index (χ4n) is 3.83. The van der Waals surface area contributed by atoms with Gasteiger partial charge in [-0.3, -0.25) is 0 Å². The minimum absolute atomic E-state index is 0.0924. The van der Waals surface area contributed by atoms with Crippen LogP contribution in [-0.2, 0) is 12.0 Å². The zero-order chi connectivity index (χ0) is 14.3. The summed E-state index contributed by atoms with van der Waals surface area (Å²) < 4.78 is 0. The van der Waals surface area contributed by atoms with E-state index < -0.39 is 0 Å². The van der Waals surface area contributed by atoms with Gasteiger partial charge in [-0.05, 0) is 25.2 Å². The Balaban J connectivity index is 1.89. The van der Waals surface area contributed by atoms with Gasteiger partial charge in [0.25, 0.3) is 0 Å². The molecule has 2 aliphatic rings. The van der Waals surface area contributed by atoms with Crippen LogP contribution in [0, 0.1) is 5.92 Å². The van der Waals surface area contributed by atoms with E-state index in [4.69, 9.17) is 10.7 Å². The molecule has 2 N–H and O–H groups in total. The van der Waals surface area contributed by atoms with Gasteiger partial charge in [-0.15, -0.1) is 11.3 Å². The summed E-state index contributed by atoms with van der Waals surface area (Å²) >= 11 is 1.83. The van der Waals surface area contributed by atoms with Gasteiger partial charge in [-0.25, -0.2) is 4.98 Å². The van der Waals surface area contributed by atoms with Crippen LogP contribution in [-0.4, -0.2) is 17.6 Å². The monoisotopic (exact) mass is 293 g/mol. The molecule has 20 heavy (non-hydrogen) atoms. The Morgan fingerprint density at radius 1 is 1.25 bits per heavy atom. The maximum atomic E-state index is 5.94. The zero-order valence-electron chi connectivity index (χ0n) is 13.0. The Morgan fingerprint density at radius 3 is 2.65 bits per heavy atom. The minimum atomic E-state index is 0.0924. The molecule has 2 atom stereocenters. The van der Waals surface area contributed by atoms with E-state index in [1.165, 1.54) is 54.4 Å². The molecule has 3 nitrogen and oxygen atoms in total. The van der Waals surface area contributed by atoms with Crippen LogP contribution >= 0.6 is 11.3 Å². The van der Waals surface area contributed by atoms with Crippen molar-refractivity contribution in [1.29, 1.82) is 0 Å². The van der Waals surface area contributed by atoms with E-state index in [-0.39, 0.29) is 5.41 Å². The first-order valence-electron chi connectivity index (χ1n) is 7.97. The van der Waals surface area contributed by atoms with E-state index in [0.717, 1.165) is 12.0 Å². The summed E-state index contributed by atoms with van der Waals surface area (Å²) in [6.07, 6.45) is 6.94. The van der Waals surface area contributed by atoms with Crippen molar-refractivity contribution in [2.24, 2.45) is 11.7 Å². The molecule has 1 saturated heterocycles. The highest BCUT2D eigenvalue weighted by atomic mass is 32.1. The third-order valence-corrected chi connectivity index (χ3v) is 5.95. The molecule has 112 valence electrons. The van der Waals surface area contributed by atoms with Crippen LogP contribution < -0.4 is 10.6 Å². The van der Waals surface area contributed by atoms with Gasteiger partial charge in [-0.2, -0.15) is 0 Å². The summed E-state index contributed by atoms with van der Waals surface area (Å²) in [5.74, 6) is 0.909. The van der Waals surface area contributed by atoms with Gasteiger partial charge in [0.05, 0.1) is 5.69 Å². The van der Waals surface area contributed by atoms with Crippen molar-refractivity contribution in [1.82, 2.24) is 4.98 Å². The number of hydrogen-bond acceptors (Lipinski definition) is 4. The second kappa shape index (κ2) is 5.30. The molecule has 1 aromatic heterocycles. The van der Waals surface area contributed by atoms with Crippen LogP contribution in [0.15, 0.2) is 0 Å². The predicted octanol–water partition coefficient (Wildman–Crippen LogP) is 3.67. The average Bonchev–Trinajstić information content (AvgIpc) is 3.01. The Morgan fingerprint density at radius 2 is 2.00 bits per heavy atom. The van der Waals surface area contributed by atoms with Crippen LogP contribution in [0.5, 0.6) is 0 Å². The van der Waals surface area contributed by atoms with Crippen LogP contribution in [0.4, 0.5) is 5.13 Å². The van der Waals surface area contributed by atoms with E-state index in [2.05, 4.69) is 25.7 Å². The molecule has 2 unspecified atom stereocenters. The summed E-state index contributed by atoms with van der Waals surface area (Å²) in [7, 11) is 0. The van der Waals surface area contributed by atoms with Crippen molar-refractivity contribution >= 4 is 16.5 Å². The molecule has 3 rings (SSSR count). The SMILES string of the molecule is CC(C)(C)c1nc(N2CCC3CCCCC32)sc1CN. The lowest BCUT2D eigenvalue weighted by molar-refractivity contribution is 0.342. The number of thiazole rings is 1. The van der Waals surface area contributed by atoms with Gasteiger partial charge in [-0.1, -0.05) is 33.6 Å². The molecule has 2 fully saturated rings. The highest BCUT2D eigenvalue weighted by Crippen LogP contribution is 2.42. The number of hydrogen-bond donors (Lipinski definition) is 1. The lowest BCUT2D eigenvalue weighted by Gasteiger charge is -2.31. The normalized spacial score (nSPS) is 26.9. The quantitative estimate of drug-likeness (QED) is 0.904. The molecule has 1 saturated carbocycles. The first kappa shape index (κ1) is 14.3. The highest BCUT2D eigenvalue weighted by molar-refractivity contribution is 7.15. The maximum Gasteiger partial charge on any atom is 0.186 e. The molecule has 1 aromatic rings.